The molecule has 0 unspecified atom stereocenters. The van der Waals surface area contributed by atoms with Gasteiger partial charge < -0.3 is 15.0 Å². The summed E-state index contributed by atoms with van der Waals surface area (Å²) in [6.45, 7) is 0.563. The molecule has 1 N–H and O–H groups in total. The number of carbonyl (C=O) groups is 2. The van der Waals surface area contributed by atoms with E-state index < -0.39 is 15.7 Å². The zero-order valence-electron chi connectivity index (χ0n) is 17.4. The SMILES string of the molecule is COc1ccc(NC(=O)CCS(=O)(=O)c2cc3c(cc2Br)CCN3C(=O)C2CC2)cc1Cl. The van der Waals surface area contributed by atoms with Crippen LogP contribution in [0.5, 0.6) is 5.75 Å². The molecule has 1 aliphatic heterocycles. The van der Waals surface area contributed by atoms with E-state index in [1.807, 2.05) is 0 Å². The van der Waals surface area contributed by atoms with Crippen molar-refractivity contribution in [1.29, 1.82) is 0 Å². The molecule has 0 saturated heterocycles. The van der Waals surface area contributed by atoms with Gasteiger partial charge in [0.15, 0.2) is 9.84 Å². The van der Waals surface area contributed by atoms with Gasteiger partial charge in [-0.15, -0.1) is 0 Å². The number of methoxy groups -OCH3 is 1. The van der Waals surface area contributed by atoms with Gasteiger partial charge in [0.05, 0.1) is 22.8 Å². The lowest BCUT2D eigenvalue weighted by Gasteiger charge is -2.18. The molecular weight excluding hydrogens is 520 g/mol. The molecular formula is C22H22BrClN2O5S. The Kier molecular flexibility index (Phi) is 6.51. The molecule has 2 amide bonds. The number of anilines is 2. The summed E-state index contributed by atoms with van der Waals surface area (Å²) in [6.07, 6.45) is 2.25. The first-order valence-electron chi connectivity index (χ1n) is 10.2. The smallest absolute Gasteiger partial charge is 0.230 e. The van der Waals surface area contributed by atoms with Gasteiger partial charge in [0.25, 0.3) is 0 Å². The maximum absolute atomic E-state index is 13.0. The first-order valence-corrected chi connectivity index (χ1v) is 13.0. The Labute approximate surface area is 200 Å². The Balaban J connectivity index is 1.46. The standard InChI is InChI=1S/C22H22BrClN2O5S/c1-31-19-5-4-15(11-17(19)24)25-21(27)7-9-32(29,30)20-12-18-14(10-16(20)23)6-8-26(18)22(28)13-2-3-13/h4-5,10-13H,2-3,6-9H2,1H3,(H,25,27). The van der Waals surface area contributed by atoms with Crippen LogP contribution in [0, 0.1) is 5.92 Å². The second-order valence-corrected chi connectivity index (χ2v) is 11.2. The van der Waals surface area contributed by atoms with Gasteiger partial charge in [0.1, 0.15) is 5.75 Å². The fourth-order valence-electron chi connectivity index (χ4n) is 3.71. The number of halogens is 2. The summed E-state index contributed by atoms with van der Waals surface area (Å²) in [5.74, 6) is -0.219. The number of sulfone groups is 1. The third kappa shape index (κ3) is 4.79. The average Bonchev–Trinajstić information content (AvgIpc) is 3.52. The summed E-state index contributed by atoms with van der Waals surface area (Å²) in [6, 6.07) is 8.10. The second kappa shape index (κ2) is 9.03. The maximum Gasteiger partial charge on any atom is 0.230 e. The number of carbonyl (C=O) groups excluding carboxylic acids is 2. The highest BCUT2D eigenvalue weighted by atomic mass is 79.9. The fourth-order valence-corrected chi connectivity index (χ4v) is 6.42. The van der Waals surface area contributed by atoms with Gasteiger partial charge in [0, 0.05) is 34.7 Å². The van der Waals surface area contributed by atoms with Crippen molar-refractivity contribution in [3.8, 4) is 5.75 Å². The van der Waals surface area contributed by atoms with E-state index in [4.69, 9.17) is 16.3 Å². The number of nitrogens with zero attached hydrogens (tertiary/aromatic N) is 1. The van der Waals surface area contributed by atoms with Crippen LogP contribution in [0.4, 0.5) is 11.4 Å². The van der Waals surface area contributed by atoms with Gasteiger partial charge in [-0.1, -0.05) is 11.6 Å². The third-order valence-corrected chi connectivity index (χ3v) is 8.55. The largest absolute Gasteiger partial charge is 0.495 e. The molecule has 1 heterocycles. The molecule has 32 heavy (non-hydrogen) atoms. The van der Waals surface area contributed by atoms with Crippen LogP contribution in [0.25, 0.3) is 0 Å². The Morgan fingerprint density at radius 2 is 2.00 bits per heavy atom. The van der Waals surface area contributed by atoms with Crippen LogP contribution in [0.1, 0.15) is 24.8 Å². The van der Waals surface area contributed by atoms with Crippen LogP contribution >= 0.6 is 27.5 Å². The third-order valence-electron chi connectivity index (χ3n) is 5.59. The molecule has 1 aliphatic carbocycles. The lowest BCUT2D eigenvalue weighted by atomic mass is 10.2. The Morgan fingerprint density at radius 3 is 2.66 bits per heavy atom. The topological polar surface area (TPSA) is 92.8 Å². The minimum absolute atomic E-state index is 0.0554. The van der Waals surface area contributed by atoms with E-state index in [0.717, 1.165) is 18.4 Å². The van der Waals surface area contributed by atoms with Crippen molar-refractivity contribution in [2.75, 3.05) is 29.6 Å². The lowest BCUT2D eigenvalue weighted by Crippen LogP contribution is -2.30. The Morgan fingerprint density at radius 1 is 1.25 bits per heavy atom. The van der Waals surface area contributed by atoms with E-state index >= 15 is 0 Å². The number of rotatable bonds is 7. The highest BCUT2D eigenvalue weighted by Crippen LogP contribution is 2.39. The molecule has 0 bridgehead atoms. The molecule has 2 aromatic carbocycles. The molecule has 1 saturated carbocycles. The lowest BCUT2D eigenvalue weighted by molar-refractivity contribution is -0.119. The fraction of sp³-hybridized carbons (Fsp3) is 0.364. The van der Waals surface area contributed by atoms with Gasteiger partial charge in [-0.05, 0) is 71.1 Å². The minimum Gasteiger partial charge on any atom is -0.495 e. The quantitative estimate of drug-likeness (QED) is 0.567. The first-order chi connectivity index (χ1) is 15.2. The molecule has 7 nitrogen and oxygen atoms in total. The van der Waals surface area contributed by atoms with E-state index in [1.165, 1.54) is 13.2 Å². The number of fused-ring (bicyclic) bond motifs is 1. The van der Waals surface area contributed by atoms with Crippen molar-refractivity contribution in [2.24, 2.45) is 5.92 Å². The van der Waals surface area contributed by atoms with Crippen molar-refractivity contribution in [3.63, 3.8) is 0 Å². The minimum atomic E-state index is -3.76. The number of amides is 2. The van der Waals surface area contributed by atoms with E-state index in [0.29, 0.717) is 39.6 Å². The maximum atomic E-state index is 13.0. The van der Waals surface area contributed by atoms with E-state index in [1.54, 1.807) is 29.2 Å². The number of benzene rings is 2. The molecule has 10 heteroatoms. The highest BCUT2D eigenvalue weighted by Gasteiger charge is 2.37. The Hall–Kier alpha value is -2.10. The van der Waals surface area contributed by atoms with Crippen LogP contribution in [-0.2, 0) is 25.8 Å². The molecule has 0 atom stereocenters. The highest BCUT2D eigenvalue weighted by molar-refractivity contribution is 9.10. The number of ether oxygens (including phenoxy) is 1. The van der Waals surface area contributed by atoms with E-state index in [9.17, 15) is 18.0 Å². The van der Waals surface area contributed by atoms with E-state index in [2.05, 4.69) is 21.2 Å². The van der Waals surface area contributed by atoms with Crippen molar-refractivity contribution >= 4 is 60.6 Å². The predicted octanol–water partition coefficient (Wildman–Crippen LogP) is 4.21. The zero-order valence-corrected chi connectivity index (χ0v) is 20.5. The van der Waals surface area contributed by atoms with Crippen molar-refractivity contribution in [3.05, 3.63) is 45.4 Å². The number of hydrogen-bond acceptors (Lipinski definition) is 5. The van der Waals surface area contributed by atoms with Crippen molar-refractivity contribution in [2.45, 2.75) is 30.6 Å². The van der Waals surface area contributed by atoms with Crippen molar-refractivity contribution in [1.82, 2.24) is 0 Å². The summed E-state index contributed by atoms with van der Waals surface area (Å²) in [5.41, 5.74) is 2.05. The van der Waals surface area contributed by atoms with Crippen molar-refractivity contribution < 1.29 is 22.7 Å². The van der Waals surface area contributed by atoms with E-state index in [-0.39, 0.29) is 28.9 Å². The summed E-state index contributed by atoms with van der Waals surface area (Å²) in [5, 5.41) is 2.99. The number of nitrogens with one attached hydrogen (secondary N) is 1. The predicted molar refractivity (Wildman–Crippen MR) is 126 cm³/mol. The zero-order chi connectivity index (χ0) is 23.0. The van der Waals surface area contributed by atoms with Crippen LogP contribution < -0.4 is 15.0 Å². The summed E-state index contributed by atoms with van der Waals surface area (Å²) < 4.78 is 31.6. The normalized spacial score (nSPS) is 15.4. The van der Waals surface area contributed by atoms with Crippen LogP contribution in [-0.4, -0.2) is 39.6 Å². The Bertz CT molecular complexity index is 1200. The van der Waals surface area contributed by atoms with Gasteiger partial charge in [-0.25, -0.2) is 8.42 Å². The van der Waals surface area contributed by atoms with Crippen LogP contribution in [0.3, 0.4) is 0 Å². The molecule has 1 fully saturated rings. The van der Waals surface area contributed by atoms with Gasteiger partial charge in [-0.3, -0.25) is 9.59 Å². The average molecular weight is 542 g/mol. The number of hydrogen-bond donors (Lipinski definition) is 1. The van der Waals surface area contributed by atoms with Crippen LogP contribution in [0.15, 0.2) is 39.7 Å². The summed E-state index contributed by atoms with van der Waals surface area (Å²) in [4.78, 5) is 26.7. The molecule has 2 aliphatic rings. The molecule has 2 aromatic rings. The second-order valence-electron chi connectivity index (χ2n) is 7.89. The molecule has 0 aromatic heterocycles. The van der Waals surface area contributed by atoms with Crippen LogP contribution in [0.2, 0.25) is 5.02 Å². The molecule has 170 valence electrons. The molecule has 0 radical (unpaired) electrons. The monoisotopic (exact) mass is 540 g/mol. The van der Waals surface area contributed by atoms with Gasteiger partial charge in [-0.2, -0.15) is 0 Å². The van der Waals surface area contributed by atoms with Gasteiger partial charge >= 0.3 is 0 Å². The first kappa shape index (κ1) is 23.1. The van der Waals surface area contributed by atoms with Gasteiger partial charge in [0.2, 0.25) is 11.8 Å². The molecule has 4 rings (SSSR count). The molecule has 0 spiro atoms. The summed E-state index contributed by atoms with van der Waals surface area (Å²) >= 11 is 9.42. The summed E-state index contributed by atoms with van der Waals surface area (Å²) in [7, 11) is -2.28.